The first-order valence-electron chi connectivity index (χ1n) is 11.7. The molecule has 3 aromatic carbocycles. The molecule has 0 saturated carbocycles. The van der Waals surface area contributed by atoms with Gasteiger partial charge in [-0.2, -0.15) is 0 Å². The van der Waals surface area contributed by atoms with E-state index in [2.05, 4.69) is 0 Å². The fourth-order valence-electron chi connectivity index (χ4n) is 4.82. The smallest absolute Gasteiger partial charge is 0.258 e. The molecule has 9 heteroatoms. The molecule has 0 spiro atoms. The van der Waals surface area contributed by atoms with Crippen LogP contribution in [0.3, 0.4) is 0 Å². The SMILES string of the molecule is O=C(C(c1cc(F)cc(F)c1)c1ccc2c(c1)OCO2)N(O)[C@H](CN1CC[C@H](O)C1)c1ccccc1. The number of amides is 1. The average molecular weight is 497 g/mol. The minimum atomic E-state index is -1.22. The van der Waals surface area contributed by atoms with E-state index in [1.54, 1.807) is 42.5 Å². The van der Waals surface area contributed by atoms with E-state index in [1.165, 1.54) is 0 Å². The van der Waals surface area contributed by atoms with Crippen molar-refractivity contribution in [3.05, 3.63) is 95.1 Å². The molecule has 3 atom stereocenters. The Bertz CT molecular complexity index is 1220. The third-order valence-corrected chi connectivity index (χ3v) is 6.58. The Hall–Kier alpha value is -3.53. The summed E-state index contributed by atoms with van der Waals surface area (Å²) in [4.78, 5) is 15.9. The van der Waals surface area contributed by atoms with E-state index >= 15 is 0 Å². The topological polar surface area (TPSA) is 82.5 Å². The van der Waals surface area contributed by atoms with Gasteiger partial charge in [-0.25, -0.2) is 13.8 Å². The van der Waals surface area contributed by atoms with Crippen molar-refractivity contribution in [1.82, 2.24) is 9.96 Å². The lowest BCUT2D eigenvalue weighted by Crippen LogP contribution is -2.41. The summed E-state index contributed by atoms with van der Waals surface area (Å²) in [5, 5.41) is 21.9. The Kier molecular flexibility index (Phi) is 6.86. The van der Waals surface area contributed by atoms with Crippen LogP contribution in [0.25, 0.3) is 0 Å². The highest BCUT2D eigenvalue weighted by Gasteiger charge is 2.35. The number of aliphatic hydroxyl groups excluding tert-OH is 1. The fourth-order valence-corrected chi connectivity index (χ4v) is 4.82. The second kappa shape index (κ2) is 10.2. The van der Waals surface area contributed by atoms with Crippen LogP contribution in [0, 0.1) is 11.6 Å². The summed E-state index contributed by atoms with van der Waals surface area (Å²) in [6.07, 6.45) is 0.129. The molecule has 1 saturated heterocycles. The van der Waals surface area contributed by atoms with Crippen molar-refractivity contribution in [3.8, 4) is 11.5 Å². The highest BCUT2D eigenvalue weighted by Crippen LogP contribution is 2.38. The van der Waals surface area contributed by atoms with Gasteiger partial charge in [-0.15, -0.1) is 0 Å². The number of hydrogen-bond donors (Lipinski definition) is 2. The molecule has 5 rings (SSSR count). The Morgan fingerprint density at radius 1 is 0.972 bits per heavy atom. The standard InChI is InChI=1S/C27H26F2N2O5/c28-20-10-19(11-21(29)13-20)26(18-6-7-24-25(12-18)36-16-35-24)27(33)31(34)23(17-4-2-1-3-5-17)15-30-9-8-22(32)14-30/h1-7,10-13,22-23,26,32,34H,8-9,14-16H2/t22-,23+,26?/m0/s1. The highest BCUT2D eigenvalue weighted by molar-refractivity contribution is 5.87. The molecule has 2 heterocycles. The van der Waals surface area contributed by atoms with Crippen LogP contribution in [0.1, 0.15) is 35.1 Å². The van der Waals surface area contributed by atoms with Crippen molar-refractivity contribution in [2.45, 2.75) is 24.5 Å². The minimum absolute atomic E-state index is 0.0237. The van der Waals surface area contributed by atoms with Crippen molar-refractivity contribution >= 4 is 5.91 Å². The zero-order chi connectivity index (χ0) is 25.2. The number of β-amino-alcohol motifs (C(OH)–C–C–N with tert-alkyl or cyclic N) is 1. The Labute approximate surface area is 207 Å². The monoisotopic (exact) mass is 496 g/mol. The summed E-state index contributed by atoms with van der Waals surface area (Å²) >= 11 is 0. The first-order valence-corrected chi connectivity index (χ1v) is 11.7. The molecule has 3 aromatic rings. The maximum atomic E-state index is 14.2. The van der Waals surface area contributed by atoms with Gasteiger partial charge in [0.05, 0.1) is 18.1 Å². The average Bonchev–Trinajstić information content (AvgIpc) is 3.50. The number of rotatable bonds is 7. The lowest BCUT2D eigenvalue weighted by atomic mass is 9.89. The summed E-state index contributed by atoms with van der Waals surface area (Å²) in [6, 6.07) is 16.0. The van der Waals surface area contributed by atoms with Crippen molar-refractivity contribution in [1.29, 1.82) is 0 Å². The first kappa shape index (κ1) is 24.2. The molecule has 0 radical (unpaired) electrons. The number of hydroxylamine groups is 2. The van der Waals surface area contributed by atoms with E-state index < -0.39 is 35.6 Å². The molecular formula is C27H26F2N2O5. The van der Waals surface area contributed by atoms with Crippen LogP contribution in [0.4, 0.5) is 8.78 Å². The zero-order valence-electron chi connectivity index (χ0n) is 19.4. The van der Waals surface area contributed by atoms with Crippen molar-refractivity contribution in [2.24, 2.45) is 0 Å². The molecule has 2 aliphatic heterocycles. The largest absolute Gasteiger partial charge is 0.454 e. The molecular weight excluding hydrogens is 470 g/mol. The number of carbonyl (C=O) groups is 1. The fraction of sp³-hybridized carbons (Fsp3) is 0.296. The van der Waals surface area contributed by atoms with Gasteiger partial charge in [0.15, 0.2) is 11.5 Å². The lowest BCUT2D eigenvalue weighted by molar-refractivity contribution is -0.179. The summed E-state index contributed by atoms with van der Waals surface area (Å²) in [6.45, 7) is 1.34. The van der Waals surface area contributed by atoms with Gasteiger partial charge in [0.1, 0.15) is 11.6 Å². The summed E-state index contributed by atoms with van der Waals surface area (Å²) < 4.78 is 39.2. The third-order valence-electron chi connectivity index (χ3n) is 6.58. The molecule has 1 amide bonds. The van der Waals surface area contributed by atoms with Crippen LogP contribution in [-0.2, 0) is 4.79 Å². The highest BCUT2D eigenvalue weighted by atomic mass is 19.1. The van der Waals surface area contributed by atoms with E-state index in [1.807, 2.05) is 11.0 Å². The van der Waals surface area contributed by atoms with E-state index in [-0.39, 0.29) is 18.9 Å². The molecule has 2 N–H and O–H groups in total. The quantitative estimate of drug-likeness (QED) is 0.382. The van der Waals surface area contributed by atoms with Gasteiger partial charge in [-0.3, -0.25) is 14.9 Å². The van der Waals surface area contributed by atoms with Crippen molar-refractivity contribution in [2.75, 3.05) is 26.4 Å². The Morgan fingerprint density at radius 2 is 1.69 bits per heavy atom. The number of fused-ring (bicyclic) bond motifs is 1. The number of halogens is 2. The molecule has 2 aliphatic rings. The van der Waals surface area contributed by atoms with Crippen LogP contribution in [0.2, 0.25) is 0 Å². The maximum Gasteiger partial charge on any atom is 0.258 e. The molecule has 36 heavy (non-hydrogen) atoms. The van der Waals surface area contributed by atoms with Crippen LogP contribution in [0.5, 0.6) is 11.5 Å². The van der Waals surface area contributed by atoms with Gasteiger partial charge in [0.25, 0.3) is 5.91 Å². The number of aliphatic hydroxyl groups is 1. The molecule has 0 aliphatic carbocycles. The predicted molar refractivity (Wildman–Crippen MR) is 126 cm³/mol. The van der Waals surface area contributed by atoms with Gasteiger partial charge in [0.2, 0.25) is 6.79 Å². The van der Waals surface area contributed by atoms with Crippen LogP contribution >= 0.6 is 0 Å². The van der Waals surface area contributed by atoms with Crippen molar-refractivity contribution < 1.29 is 33.4 Å². The maximum absolute atomic E-state index is 14.2. The second-order valence-electron chi connectivity index (χ2n) is 9.06. The number of hydrogen-bond acceptors (Lipinski definition) is 6. The predicted octanol–water partition coefficient (Wildman–Crippen LogP) is 3.85. The number of carbonyl (C=O) groups excluding carboxylic acids is 1. The lowest BCUT2D eigenvalue weighted by Gasteiger charge is -2.32. The van der Waals surface area contributed by atoms with E-state index in [9.17, 15) is 23.9 Å². The number of likely N-dealkylation sites (tertiary alicyclic amines) is 1. The number of ether oxygens (including phenoxy) is 2. The molecule has 1 fully saturated rings. The van der Waals surface area contributed by atoms with E-state index in [0.29, 0.717) is 47.2 Å². The molecule has 0 aromatic heterocycles. The summed E-state index contributed by atoms with van der Waals surface area (Å²) in [5.74, 6) is -2.75. The van der Waals surface area contributed by atoms with Gasteiger partial charge in [-0.1, -0.05) is 36.4 Å². The van der Waals surface area contributed by atoms with Crippen LogP contribution < -0.4 is 9.47 Å². The van der Waals surface area contributed by atoms with E-state index in [4.69, 9.17) is 9.47 Å². The molecule has 0 bridgehead atoms. The summed E-state index contributed by atoms with van der Waals surface area (Å²) in [7, 11) is 0. The zero-order valence-corrected chi connectivity index (χ0v) is 19.4. The first-order chi connectivity index (χ1) is 17.4. The van der Waals surface area contributed by atoms with Gasteiger partial charge < -0.3 is 14.6 Å². The van der Waals surface area contributed by atoms with Gasteiger partial charge in [0, 0.05) is 25.7 Å². The summed E-state index contributed by atoms with van der Waals surface area (Å²) in [5.41, 5.74) is 1.13. The molecule has 7 nitrogen and oxygen atoms in total. The number of nitrogens with zero attached hydrogens (tertiary/aromatic N) is 2. The van der Waals surface area contributed by atoms with Gasteiger partial charge in [-0.05, 0) is 47.4 Å². The third kappa shape index (κ3) is 5.04. The van der Waals surface area contributed by atoms with Gasteiger partial charge >= 0.3 is 0 Å². The molecule has 1 unspecified atom stereocenters. The van der Waals surface area contributed by atoms with Crippen LogP contribution in [-0.4, -0.2) is 58.7 Å². The second-order valence-corrected chi connectivity index (χ2v) is 9.06. The number of benzene rings is 3. The van der Waals surface area contributed by atoms with E-state index in [0.717, 1.165) is 18.2 Å². The Morgan fingerprint density at radius 3 is 2.39 bits per heavy atom. The van der Waals surface area contributed by atoms with Crippen LogP contribution in [0.15, 0.2) is 66.7 Å². The minimum Gasteiger partial charge on any atom is -0.454 e. The Balaban J connectivity index is 1.53. The molecule has 188 valence electrons. The van der Waals surface area contributed by atoms with Crippen molar-refractivity contribution in [3.63, 3.8) is 0 Å². The normalized spacial score (nSPS) is 18.7.